The highest BCUT2D eigenvalue weighted by atomic mass is 15.2. The van der Waals surface area contributed by atoms with Gasteiger partial charge in [-0.25, -0.2) is 15.0 Å². The Labute approximate surface area is 136 Å². The molecular formula is C18H21N5. The number of rotatable bonds is 4. The van der Waals surface area contributed by atoms with Crippen molar-refractivity contribution in [1.82, 2.24) is 24.3 Å². The van der Waals surface area contributed by atoms with Crippen LogP contribution in [0.2, 0.25) is 0 Å². The van der Waals surface area contributed by atoms with E-state index in [1.807, 2.05) is 12.4 Å². The minimum absolute atomic E-state index is 0.719. The average molecular weight is 307 g/mol. The van der Waals surface area contributed by atoms with Gasteiger partial charge in [0.05, 0.1) is 5.69 Å². The van der Waals surface area contributed by atoms with E-state index in [1.165, 1.54) is 19.4 Å². The van der Waals surface area contributed by atoms with Crippen molar-refractivity contribution in [2.45, 2.75) is 32.2 Å². The maximum atomic E-state index is 4.74. The maximum Gasteiger partial charge on any atom is 0.137 e. The minimum atomic E-state index is 0.719. The van der Waals surface area contributed by atoms with E-state index < -0.39 is 0 Å². The lowest BCUT2D eigenvalue weighted by Crippen LogP contribution is -2.29. The number of nitrogens with zero attached hydrogens (tertiary/aromatic N) is 5. The Kier molecular flexibility index (Phi) is 3.79. The fraction of sp³-hybridized carbons (Fsp3) is 0.389. The van der Waals surface area contributed by atoms with Gasteiger partial charge in [-0.3, -0.25) is 0 Å². The van der Waals surface area contributed by atoms with Crippen LogP contribution in [0.4, 0.5) is 0 Å². The van der Waals surface area contributed by atoms with Gasteiger partial charge in [0.15, 0.2) is 0 Å². The third-order valence-corrected chi connectivity index (χ3v) is 4.74. The lowest BCUT2D eigenvalue weighted by molar-refractivity contribution is 0.271. The van der Waals surface area contributed by atoms with Gasteiger partial charge >= 0.3 is 0 Å². The highest BCUT2D eigenvalue weighted by molar-refractivity contribution is 5.62. The fourth-order valence-corrected chi connectivity index (χ4v) is 3.37. The van der Waals surface area contributed by atoms with Crippen LogP contribution in [0.3, 0.4) is 0 Å². The van der Waals surface area contributed by atoms with Gasteiger partial charge in [-0.15, -0.1) is 0 Å². The second-order valence-electron chi connectivity index (χ2n) is 6.32. The summed E-state index contributed by atoms with van der Waals surface area (Å²) in [6.07, 6.45) is 13.1. The van der Waals surface area contributed by atoms with E-state index in [9.17, 15) is 0 Å². The molecule has 1 atom stereocenters. The van der Waals surface area contributed by atoms with Crippen molar-refractivity contribution in [3.8, 4) is 11.1 Å². The van der Waals surface area contributed by atoms with Crippen molar-refractivity contribution in [3.63, 3.8) is 0 Å². The van der Waals surface area contributed by atoms with E-state index in [0.29, 0.717) is 0 Å². The molecule has 5 heteroatoms. The van der Waals surface area contributed by atoms with Crippen LogP contribution in [-0.2, 0) is 6.42 Å². The molecule has 1 aliphatic rings. The molecule has 4 heterocycles. The van der Waals surface area contributed by atoms with Crippen molar-refractivity contribution >= 4 is 5.65 Å². The standard InChI is InChI=1S/C18H21N5/c1-14-3-2-7-22(14)8-6-17-12-23-11-15(4-5-18(23)21-17)16-9-19-13-20-10-16/h4-5,9-14H,2-3,6-8H2,1H3/t14-/m1/s1. The van der Waals surface area contributed by atoms with Crippen LogP contribution >= 0.6 is 0 Å². The normalized spacial score (nSPS) is 18.7. The Morgan fingerprint density at radius 1 is 1.13 bits per heavy atom. The molecule has 0 bridgehead atoms. The first-order chi connectivity index (χ1) is 11.3. The topological polar surface area (TPSA) is 46.3 Å². The minimum Gasteiger partial charge on any atom is -0.306 e. The highest BCUT2D eigenvalue weighted by Crippen LogP contribution is 2.19. The summed E-state index contributed by atoms with van der Waals surface area (Å²) in [4.78, 5) is 15.5. The summed E-state index contributed by atoms with van der Waals surface area (Å²) >= 11 is 0. The van der Waals surface area contributed by atoms with Crippen LogP contribution in [0.5, 0.6) is 0 Å². The number of hydrogen-bond donors (Lipinski definition) is 0. The summed E-state index contributed by atoms with van der Waals surface area (Å²) in [5.41, 5.74) is 4.28. The zero-order valence-electron chi connectivity index (χ0n) is 13.4. The third-order valence-electron chi connectivity index (χ3n) is 4.74. The molecule has 1 fully saturated rings. The molecule has 0 N–H and O–H groups in total. The summed E-state index contributed by atoms with van der Waals surface area (Å²) in [5, 5.41) is 0. The third kappa shape index (κ3) is 2.97. The second-order valence-corrected chi connectivity index (χ2v) is 6.32. The average Bonchev–Trinajstić information content (AvgIpc) is 3.18. The number of fused-ring (bicyclic) bond motifs is 1. The summed E-state index contributed by atoms with van der Waals surface area (Å²) in [7, 11) is 0. The first kappa shape index (κ1) is 14.3. The number of aromatic nitrogens is 4. The first-order valence-electron chi connectivity index (χ1n) is 8.27. The Morgan fingerprint density at radius 2 is 2.00 bits per heavy atom. The zero-order valence-corrected chi connectivity index (χ0v) is 13.4. The molecule has 5 nitrogen and oxygen atoms in total. The van der Waals surface area contributed by atoms with Crippen molar-refractivity contribution in [2.75, 3.05) is 13.1 Å². The quantitative estimate of drug-likeness (QED) is 0.743. The summed E-state index contributed by atoms with van der Waals surface area (Å²) in [5.74, 6) is 0. The van der Waals surface area contributed by atoms with Crippen LogP contribution in [0.15, 0.2) is 43.2 Å². The molecule has 118 valence electrons. The monoisotopic (exact) mass is 307 g/mol. The van der Waals surface area contributed by atoms with Gasteiger partial charge in [0.2, 0.25) is 0 Å². The molecule has 0 amide bonds. The molecule has 1 saturated heterocycles. The van der Waals surface area contributed by atoms with Crippen molar-refractivity contribution in [3.05, 3.63) is 48.9 Å². The van der Waals surface area contributed by atoms with Gasteiger partial charge in [-0.05, 0) is 38.4 Å². The zero-order chi connectivity index (χ0) is 15.6. The predicted molar refractivity (Wildman–Crippen MR) is 90.2 cm³/mol. The van der Waals surface area contributed by atoms with E-state index >= 15 is 0 Å². The second kappa shape index (κ2) is 6.08. The van der Waals surface area contributed by atoms with E-state index in [2.05, 4.69) is 50.7 Å². The Hall–Kier alpha value is -2.27. The molecule has 3 aromatic heterocycles. The molecule has 1 aliphatic heterocycles. The molecule has 23 heavy (non-hydrogen) atoms. The highest BCUT2D eigenvalue weighted by Gasteiger charge is 2.19. The summed E-state index contributed by atoms with van der Waals surface area (Å²) in [6, 6.07) is 4.86. The molecule has 0 aromatic carbocycles. The van der Waals surface area contributed by atoms with E-state index in [1.54, 1.807) is 6.33 Å². The Morgan fingerprint density at radius 3 is 2.78 bits per heavy atom. The predicted octanol–water partition coefficient (Wildman–Crippen LogP) is 2.82. The van der Waals surface area contributed by atoms with Crippen LogP contribution in [-0.4, -0.2) is 43.4 Å². The van der Waals surface area contributed by atoms with Gasteiger partial charge < -0.3 is 9.30 Å². The molecule has 0 saturated carbocycles. The largest absolute Gasteiger partial charge is 0.306 e. The molecule has 0 unspecified atom stereocenters. The van der Waals surface area contributed by atoms with E-state index in [4.69, 9.17) is 4.98 Å². The molecule has 0 aliphatic carbocycles. The van der Waals surface area contributed by atoms with Crippen LogP contribution in [0.25, 0.3) is 16.8 Å². The van der Waals surface area contributed by atoms with E-state index in [-0.39, 0.29) is 0 Å². The Balaban J connectivity index is 1.54. The van der Waals surface area contributed by atoms with E-state index in [0.717, 1.165) is 41.5 Å². The number of imidazole rings is 1. The van der Waals surface area contributed by atoms with Crippen molar-refractivity contribution < 1.29 is 0 Å². The maximum absolute atomic E-state index is 4.74. The van der Waals surface area contributed by atoms with Gasteiger partial charge in [0.1, 0.15) is 12.0 Å². The van der Waals surface area contributed by atoms with Crippen molar-refractivity contribution in [1.29, 1.82) is 0 Å². The molecule has 0 radical (unpaired) electrons. The fourth-order valence-electron chi connectivity index (χ4n) is 3.37. The Bertz CT molecular complexity index is 796. The van der Waals surface area contributed by atoms with Gasteiger partial charge in [0, 0.05) is 54.9 Å². The van der Waals surface area contributed by atoms with Gasteiger partial charge in [-0.1, -0.05) is 0 Å². The van der Waals surface area contributed by atoms with Crippen molar-refractivity contribution in [2.24, 2.45) is 0 Å². The smallest absolute Gasteiger partial charge is 0.137 e. The number of pyridine rings is 1. The van der Waals surface area contributed by atoms with Crippen LogP contribution in [0.1, 0.15) is 25.5 Å². The molecule has 3 aromatic rings. The number of hydrogen-bond acceptors (Lipinski definition) is 4. The summed E-state index contributed by atoms with van der Waals surface area (Å²) < 4.78 is 2.10. The summed E-state index contributed by atoms with van der Waals surface area (Å²) in [6.45, 7) is 4.65. The first-order valence-corrected chi connectivity index (χ1v) is 8.27. The molecule has 0 spiro atoms. The lowest BCUT2D eigenvalue weighted by Gasteiger charge is -2.19. The molecular weight excluding hydrogens is 286 g/mol. The number of likely N-dealkylation sites (tertiary alicyclic amines) is 1. The van der Waals surface area contributed by atoms with Crippen LogP contribution < -0.4 is 0 Å². The molecule has 4 rings (SSSR count). The lowest BCUT2D eigenvalue weighted by atomic mass is 10.1. The van der Waals surface area contributed by atoms with Gasteiger partial charge in [0.25, 0.3) is 0 Å². The SMILES string of the molecule is C[C@@H]1CCCN1CCc1cn2cc(-c3cncnc3)ccc2n1. The van der Waals surface area contributed by atoms with Gasteiger partial charge in [-0.2, -0.15) is 0 Å². The van der Waals surface area contributed by atoms with Crippen LogP contribution in [0, 0.1) is 0 Å².